The number of nitroso groups, excluding NO2 is 1. The van der Waals surface area contributed by atoms with Gasteiger partial charge in [-0.1, -0.05) is 32.0 Å². The molecule has 0 aliphatic carbocycles. The molecule has 158 valence electrons. The Morgan fingerprint density at radius 2 is 1.74 bits per heavy atom. The number of fused-ring (bicyclic) bond motifs is 1. The molecule has 2 heterocycles. The van der Waals surface area contributed by atoms with Crippen molar-refractivity contribution in [2.24, 2.45) is 5.18 Å². The van der Waals surface area contributed by atoms with Crippen LogP contribution in [0, 0.1) is 4.91 Å². The molecule has 4 aromatic rings. The molecule has 0 radical (unpaired) electrons. The first kappa shape index (κ1) is 21.6. The van der Waals surface area contributed by atoms with Gasteiger partial charge in [-0.15, -0.1) is 4.91 Å². The van der Waals surface area contributed by atoms with Crippen molar-refractivity contribution in [1.82, 2.24) is 14.6 Å². The zero-order valence-corrected chi connectivity index (χ0v) is 17.6. The summed E-state index contributed by atoms with van der Waals surface area (Å²) in [7, 11) is 0. The minimum Gasteiger partial charge on any atom is -0.508 e. The van der Waals surface area contributed by atoms with E-state index in [0.29, 0.717) is 23.7 Å². The van der Waals surface area contributed by atoms with Crippen LogP contribution < -0.4 is 4.90 Å². The Kier molecular flexibility index (Phi) is 6.71. The van der Waals surface area contributed by atoms with E-state index in [1.54, 1.807) is 24.3 Å². The number of aromatic nitrogens is 3. The number of anilines is 2. The maximum Gasteiger partial charge on any atom is 0.336 e. The third kappa shape index (κ3) is 4.42. The first-order valence-electron chi connectivity index (χ1n) is 10.0. The summed E-state index contributed by atoms with van der Waals surface area (Å²) in [5, 5.41) is 16.3. The van der Waals surface area contributed by atoms with E-state index in [9.17, 15) is 14.8 Å². The van der Waals surface area contributed by atoms with Gasteiger partial charge in [-0.25, -0.2) is 4.98 Å². The Balaban J connectivity index is 0.00000132. The van der Waals surface area contributed by atoms with Crippen molar-refractivity contribution in [1.29, 1.82) is 0 Å². The summed E-state index contributed by atoms with van der Waals surface area (Å²) < 4.78 is 1.53. The van der Waals surface area contributed by atoms with Crippen molar-refractivity contribution < 1.29 is 9.90 Å². The van der Waals surface area contributed by atoms with Crippen LogP contribution in [0.2, 0.25) is 0 Å². The lowest BCUT2D eigenvalue weighted by molar-refractivity contribution is 0.0996. The molecular weight excluding hydrogens is 394 g/mol. The minimum atomic E-state index is -0.949. The summed E-state index contributed by atoms with van der Waals surface area (Å²) in [6, 6.07) is 19.7. The standard InChI is InChI=1S/C21H17N5O3.C2H6/c1-2-25(15-6-4-3-5-7-15)20-13-17(14-8-10-16(27)11-9-14)22-19-12-18(21(28)24-29)23-26(19)20;1-2/h3-13,27H,2H2,1H3;1-2H3. The molecule has 0 fully saturated rings. The number of aromatic hydroxyl groups is 1. The zero-order chi connectivity index (χ0) is 22.4. The molecule has 1 N–H and O–H groups in total. The van der Waals surface area contributed by atoms with Crippen LogP contribution in [0.3, 0.4) is 0 Å². The van der Waals surface area contributed by atoms with Crippen molar-refractivity contribution >= 4 is 23.1 Å². The number of hydrogen-bond donors (Lipinski definition) is 1. The van der Waals surface area contributed by atoms with Gasteiger partial charge in [0.25, 0.3) is 0 Å². The van der Waals surface area contributed by atoms with Gasteiger partial charge in [0.1, 0.15) is 11.6 Å². The van der Waals surface area contributed by atoms with Crippen LogP contribution in [0.25, 0.3) is 16.9 Å². The van der Waals surface area contributed by atoms with E-state index in [1.807, 2.05) is 62.1 Å². The first-order valence-corrected chi connectivity index (χ1v) is 10.0. The van der Waals surface area contributed by atoms with E-state index < -0.39 is 5.91 Å². The molecule has 2 aromatic carbocycles. The predicted molar refractivity (Wildman–Crippen MR) is 121 cm³/mol. The molecule has 2 aromatic heterocycles. The predicted octanol–water partition coefficient (Wildman–Crippen LogP) is 5.19. The largest absolute Gasteiger partial charge is 0.508 e. The number of phenolic OH excluding ortho intramolecular Hbond substituents is 1. The average Bonchev–Trinajstić information content (AvgIpc) is 3.26. The van der Waals surface area contributed by atoms with Gasteiger partial charge in [0.2, 0.25) is 0 Å². The molecule has 31 heavy (non-hydrogen) atoms. The number of benzene rings is 2. The Morgan fingerprint density at radius 3 is 2.35 bits per heavy atom. The molecule has 0 aliphatic heterocycles. The van der Waals surface area contributed by atoms with Crippen molar-refractivity contribution in [3.63, 3.8) is 0 Å². The van der Waals surface area contributed by atoms with Gasteiger partial charge in [-0.05, 0) is 43.3 Å². The smallest absolute Gasteiger partial charge is 0.336 e. The van der Waals surface area contributed by atoms with E-state index in [4.69, 9.17) is 0 Å². The van der Waals surface area contributed by atoms with Crippen molar-refractivity contribution in [2.45, 2.75) is 20.8 Å². The number of nitrogens with zero attached hydrogens (tertiary/aromatic N) is 5. The fourth-order valence-corrected chi connectivity index (χ4v) is 3.17. The highest BCUT2D eigenvalue weighted by Gasteiger charge is 2.19. The Labute approximate surface area is 179 Å². The monoisotopic (exact) mass is 417 g/mol. The third-order valence-electron chi connectivity index (χ3n) is 4.53. The first-order chi connectivity index (χ1) is 15.1. The van der Waals surface area contributed by atoms with Gasteiger partial charge in [0.15, 0.2) is 11.3 Å². The number of amides is 1. The van der Waals surface area contributed by atoms with Gasteiger partial charge in [0.05, 0.1) is 5.69 Å². The lowest BCUT2D eigenvalue weighted by atomic mass is 10.1. The summed E-state index contributed by atoms with van der Waals surface area (Å²) in [5.74, 6) is -0.115. The molecule has 0 saturated carbocycles. The van der Waals surface area contributed by atoms with Gasteiger partial charge < -0.3 is 10.0 Å². The van der Waals surface area contributed by atoms with Crippen LogP contribution in [0.15, 0.2) is 71.9 Å². The number of hydrogen-bond acceptors (Lipinski definition) is 6. The van der Waals surface area contributed by atoms with Gasteiger partial charge in [-0.2, -0.15) is 9.61 Å². The second kappa shape index (κ2) is 9.62. The van der Waals surface area contributed by atoms with Gasteiger partial charge in [-0.3, -0.25) is 4.79 Å². The SMILES string of the molecule is CC.CCN(c1ccccc1)c1cc(-c2ccc(O)cc2)nc2cc(C(=O)N=O)nn12. The fraction of sp³-hybridized carbons (Fsp3) is 0.174. The molecule has 1 amide bonds. The second-order valence-electron chi connectivity index (χ2n) is 6.32. The number of carbonyl (C=O) groups is 1. The van der Waals surface area contributed by atoms with Crippen LogP contribution in [0.4, 0.5) is 11.5 Å². The molecule has 0 aliphatic rings. The molecule has 0 unspecified atom stereocenters. The molecule has 0 spiro atoms. The highest BCUT2D eigenvalue weighted by Crippen LogP contribution is 2.30. The zero-order valence-electron chi connectivity index (χ0n) is 17.6. The van der Waals surface area contributed by atoms with Gasteiger partial charge >= 0.3 is 5.91 Å². The third-order valence-corrected chi connectivity index (χ3v) is 4.53. The maximum absolute atomic E-state index is 11.8. The Morgan fingerprint density at radius 1 is 1.06 bits per heavy atom. The van der Waals surface area contributed by atoms with E-state index in [0.717, 1.165) is 11.3 Å². The molecule has 0 saturated heterocycles. The van der Waals surface area contributed by atoms with Crippen LogP contribution in [0.1, 0.15) is 31.3 Å². The molecule has 4 rings (SSSR count). The Bertz CT molecular complexity index is 1190. The Hall–Kier alpha value is -4.07. The number of para-hydroxylation sites is 1. The van der Waals surface area contributed by atoms with E-state index >= 15 is 0 Å². The number of rotatable bonds is 5. The van der Waals surface area contributed by atoms with Crippen molar-refractivity contribution in [2.75, 3.05) is 11.4 Å². The number of carbonyl (C=O) groups excluding carboxylic acids is 1. The molecule has 0 atom stereocenters. The average molecular weight is 417 g/mol. The molecule has 8 nitrogen and oxygen atoms in total. The minimum absolute atomic E-state index is 0.0688. The summed E-state index contributed by atoms with van der Waals surface area (Å²) in [6.07, 6.45) is 0. The summed E-state index contributed by atoms with van der Waals surface area (Å²) in [4.78, 5) is 29.1. The quantitative estimate of drug-likeness (QED) is 0.448. The van der Waals surface area contributed by atoms with E-state index in [-0.39, 0.29) is 11.4 Å². The van der Waals surface area contributed by atoms with Crippen LogP contribution in [-0.4, -0.2) is 32.2 Å². The van der Waals surface area contributed by atoms with E-state index in [1.165, 1.54) is 10.6 Å². The summed E-state index contributed by atoms with van der Waals surface area (Å²) >= 11 is 0. The van der Waals surface area contributed by atoms with Crippen molar-refractivity contribution in [3.8, 4) is 17.0 Å². The normalized spacial score (nSPS) is 10.3. The topological polar surface area (TPSA) is 100 Å². The lowest BCUT2D eigenvalue weighted by Crippen LogP contribution is -2.20. The molecular formula is C23H23N5O3. The fourth-order valence-electron chi connectivity index (χ4n) is 3.17. The summed E-state index contributed by atoms with van der Waals surface area (Å²) in [5.41, 5.74) is 2.71. The highest BCUT2D eigenvalue weighted by atomic mass is 16.3. The second-order valence-corrected chi connectivity index (χ2v) is 6.32. The number of phenols is 1. The van der Waals surface area contributed by atoms with Crippen molar-refractivity contribution in [3.05, 3.63) is 77.3 Å². The summed E-state index contributed by atoms with van der Waals surface area (Å²) in [6.45, 7) is 6.63. The van der Waals surface area contributed by atoms with E-state index in [2.05, 4.69) is 15.3 Å². The lowest BCUT2D eigenvalue weighted by Gasteiger charge is -2.24. The van der Waals surface area contributed by atoms with Crippen LogP contribution >= 0.6 is 0 Å². The van der Waals surface area contributed by atoms with Gasteiger partial charge in [0, 0.05) is 35.1 Å². The highest BCUT2D eigenvalue weighted by molar-refractivity contribution is 5.94. The van der Waals surface area contributed by atoms with Crippen LogP contribution in [-0.2, 0) is 0 Å². The molecule has 8 heteroatoms. The van der Waals surface area contributed by atoms with Crippen LogP contribution in [0.5, 0.6) is 5.75 Å². The maximum atomic E-state index is 11.8. The molecule has 0 bridgehead atoms.